The zero-order valence-electron chi connectivity index (χ0n) is 8.53. The predicted molar refractivity (Wildman–Crippen MR) is 54.5 cm³/mol. The van der Waals surface area contributed by atoms with Gasteiger partial charge in [0.1, 0.15) is 0 Å². The minimum Gasteiger partial charge on any atom is -0.504 e. The molecule has 0 saturated heterocycles. The molecule has 1 rings (SSSR count). The summed E-state index contributed by atoms with van der Waals surface area (Å²) < 4.78 is 4.95. The van der Waals surface area contributed by atoms with Crippen molar-refractivity contribution in [2.24, 2.45) is 0 Å². The first-order valence-electron chi connectivity index (χ1n) is 4.74. The molecule has 14 heavy (non-hydrogen) atoms. The topological polar surface area (TPSA) is 49.7 Å². The zero-order chi connectivity index (χ0) is 10.6. The van der Waals surface area contributed by atoms with E-state index in [-0.39, 0.29) is 5.75 Å². The summed E-state index contributed by atoms with van der Waals surface area (Å²) >= 11 is 0. The number of phenolic OH excluding ortho intramolecular Hbond substituents is 1. The average molecular weight is 196 g/mol. The van der Waals surface area contributed by atoms with E-state index in [2.05, 4.69) is 0 Å². The Kier molecular flexibility index (Phi) is 3.77. The Morgan fingerprint density at radius 1 is 1.43 bits per heavy atom. The normalized spacial score (nSPS) is 12.5. The molecular weight excluding hydrogens is 180 g/mol. The lowest BCUT2D eigenvalue weighted by Gasteiger charge is -2.13. The average Bonchev–Trinajstić information content (AvgIpc) is 2.18. The fraction of sp³-hybridized carbons (Fsp3) is 0.455. The number of hydrogen-bond acceptors (Lipinski definition) is 3. The number of rotatable bonds is 4. The lowest BCUT2D eigenvalue weighted by Crippen LogP contribution is -1.98. The van der Waals surface area contributed by atoms with E-state index in [0.29, 0.717) is 17.7 Å². The van der Waals surface area contributed by atoms with Crippen LogP contribution in [0.4, 0.5) is 0 Å². The smallest absolute Gasteiger partial charge is 0.163 e. The minimum absolute atomic E-state index is 0.0379. The van der Waals surface area contributed by atoms with Gasteiger partial charge >= 0.3 is 0 Å². The maximum Gasteiger partial charge on any atom is 0.163 e. The fourth-order valence-corrected chi connectivity index (χ4v) is 1.40. The van der Waals surface area contributed by atoms with Crippen molar-refractivity contribution in [1.82, 2.24) is 0 Å². The van der Waals surface area contributed by atoms with Crippen LogP contribution in [0, 0.1) is 0 Å². The summed E-state index contributed by atoms with van der Waals surface area (Å²) in [4.78, 5) is 0. The van der Waals surface area contributed by atoms with Gasteiger partial charge in [0.25, 0.3) is 0 Å². The highest BCUT2D eigenvalue weighted by Crippen LogP contribution is 2.34. The molecule has 1 atom stereocenters. The Hall–Kier alpha value is -1.22. The third-order valence-electron chi connectivity index (χ3n) is 2.17. The monoisotopic (exact) mass is 196 g/mol. The quantitative estimate of drug-likeness (QED) is 0.776. The summed E-state index contributed by atoms with van der Waals surface area (Å²) in [7, 11) is 1.49. The van der Waals surface area contributed by atoms with Crippen LogP contribution in [0.2, 0.25) is 0 Å². The highest BCUT2D eigenvalue weighted by atomic mass is 16.5. The number of aromatic hydroxyl groups is 1. The molecule has 1 aromatic rings. The Bertz CT molecular complexity index is 297. The maximum atomic E-state index is 9.71. The summed E-state index contributed by atoms with van der Waals surface area (Å²) in [6.45, 7) is 1.99. The van der Waals surface area contributed by atoms with Gasteiger partial charge < -0.3 is 14.9 Å². The molecule has 0 bridgehead atoms. The van der Waals surface area contributed by atoms with Gasteiger partial charge in [-0.3, -0.25) is 0 Å². The van der Waals surface area contributed by atoms with Gasteiger partial charge in [-0.1, -0.05) is 25.5 Å². The second-order valence-electron chi connectivity index (χ2n) is 3.20. The summed E-state index contributed by atoms with van der Waals surface area (Å²) in [5.74, 6) is 0.439. The van der Waals surface area contributed by atoms with Crippen LogP contribution < -0.4 is 4.74 Å². The van der Waals surface area contributed by atoms with Gasteiger partial charge in [0.05, 0.1) is 13.2 Å². The van der Waals surface area contributed by atoms with Crippen LogP contribution in [-0.2, 0) is 0 Å². The van der Waals surface area contributed by atoms with E-state index >= 15 is 0 Å². The Balaban J connectivity index is 2.96. The van der Waals surface area contributed by atoms with Gasteiger partial charge in [-0.2, -0.15) is 0 Å². The second kappa shape index (κ2) is 4.86. The zero-order valence-corrected chi connectivity index (χ0v) is 8.53. The highest BCUT2D eigenvalue weighted by molar-refractivity contribution is 5.46. The first-order valence-corrected chi connectivity index (χ1v) is 4.74. The number of methoxy groups -OCH3 is 1. The Labute approximate surface area is 84.0 Å². The van der Waals surface area contributed by atoms with E-state index in [0.717, 1.165) is 6.42 Å². The molecule has 0 heterocycles. The van der Waals surface area contributed by atoms with Crippen molar-refractivity contribution in [3.63, 3.8) is 0 Å². The van der Waals surface area contributed by atoms with Crippen molar-refractivity contribution in [3.8, 4) is 11.5 Å². The first kappa shape index (κ1) is 10.9. The molecule has 0 aromatic heterocycles. The van der Waals surface area contributed by atoms with Crippen LogP contribution in [0.3, 0.4) is 0 Å². The number of benzene rings is 1. The number of ether oxygens (including phenoxy) is 1. The van der Waals surface area contributed by atoms with Crippen LogP contribution in [0.5, 0.6) is 11.5 Å². The Morgan fingerprint density at radius 2 is 2.14 bits per heavy atom. The molecular formula is C11H16O3. The van der Waals surface area contributed by atoms with Gasteiger partial charge in [-0.25, -0.2) is 0 Å². The summed E-state index contributed by atoms with van der Waals surface area (Å²) in [6.07, 6.45) is 0.897. The molecule has 0 aliphatic rings. The third-order valence-corrected chi connectivity index (χ3v) is 2.17. The van der Waals surface area contributed by atoms with Crippen molar-refractivity contribution in [3.05, 3.63) is 23.8 Å². The molecule has 0 spiro atoms. The maximum absolute atomic E-state index is 9.71. The van der Waals surface area contributed by atoms with Crippen molar-refractivity contribution >= 4 is 0 Å². The predicted octanol–water partition coefficient (Wildman–Crippen LogP) is 2.23. The second-order valence-corrected chi connectivity index (χ2v) is 3.20. The minimum atomic E-state index is -0.616. The van der Waals surface area contributed by atoms with Crippen LogP contribution >= 0.6 is 0 Å². The van der Waals surface area contributed by atoms with Crippen LogP contribution in [0.1, 0.15) is 31.4 Å². The van der Waals surface area contributed by atoms with E-state index in [1.165, 1.54) is 7.11 Å². The lowest BCUT2D eigenvalue weighted by atomic mass is 10.0. The summed E-state index contributed by atoms with van der Waals surface area (Å²) in [6, 6.07) is 5.13. The number of hydrogen-bond donors (Lipinski definition) is 2. The number of aliphatic hydroxyl groups is 1. The van der Waals surface area contributed by atoms with E-state index < -0.39 is 6.10 Å². The summed E-state index contributed by atoms with van der Waals surface area (Å²) in [5.41, 5.74) is 0.534. The molecule has 2 N–H and O–H groups in total. The number of aliphatic hydroxyl groups excluding tert-OH is 1. The molecule has 3 nitrogen and oxygen atoms in total. The van der Waals surface area contributed by atoms with E-state index in [1.807, 2.05) is 6.92 Å². The lowest BCUT2D eigenvalue weighted by molar-refractivity contribution is 0.162. The fourth-order valence-electron chi connectivity index (χ4n) is 1.40. The van der Waals surface area contributed by atoms with Crippen LogP contribution in [-0.4, -0.2) is 17.3 Å². The van der Waals surface area contributed by atoms with Crippen molar-refractivity contribution in [2.75, 3.05) is 7.11 Å². The van der Waals surface area contributed by atoms with Gasteiger partial charge in [0.2, 0.25) is 0 Å². The highest BCUT2D eigenvalue weighted by Gasteiger charge is 2.14. The van der Waals surface area contributed by atoms with E-state index in [9.17, 15) is 10.2 Å². The van der Waals surface area contributed by atoms with Crippen molar-refractivity contribution < 1.29 is 14.9 Å². The molecule has 1 unspecified atom stereocenters. The molecule has 78 valence electrons. The molecule has 1 aromatic carbocycles. The van der Waals surface area contributed by atoms with Gasteiger partial charge in [0.15, 0.2) is 11.5 Å². The molecule has 0 fully saturated rings. The first-order chi connectivity index (χ1) is 6.70. The van der Waals surface area contributed by atoms with Gasteiger partial charge in [-0.15, -0.1) is 0 Å². The SMILES string of the molecule is CCCC(O)c1cccc(OC)c1O. The standard InChI is InChI=1S/C11H16O3/c1-3-5-9(12)8-6-4-7-10(14-2)11(8)13/h4,6-7,9,12-13H,3,5H2,1-2H3. The molecule has 3 heteroatoms. The number of phenols is 1. The van der Waals surface area contributed by atoms with Crippen LogP contribution in [0.25, 0.3) is 0 Å². The molecule has 0 aliphatic heterocycles. The van der Waals surface area contributed by atoms with Crippen molar-refractivity contribution in [2.45, 2.75) is 25.9 Å². The molecule has 0 aliphatic carbocycles. The van der Waals surface area contributed by atoms with Crippen molar-refractivity contribution in [1.29, 1.82) is 0 Å². The molecule has 0 radical (unpaired) electrons. The van der Waals surface area contributed by atoms with E-state index in [1.54, 1.807) is 18.2 Å². The summed E-state index contributed by atoms with van der Waals surface area (Å²) in [5, 5.41) is 19.4. The third kappa shape index (κ3) is 2.17. The molecule has 0 amide bonds. The Morgan fingerprint density at radius 3 is 2.71 bits per heavy atom. The van der Waals surface area contributed by atoms with Crippen LogP contribution in [0.15, 0.2) is 18.2 Å². The van der Waals surface area contributed by atoms with E-state index in [4.69, 9.17) is 4.74 Å². The van der Waals surface area contributed by atoms with Gasteiger partial charge in [-0.05, 0) is 12.5 Å². The molecule has 0 saturated carbocycles. The number of para-hydroxylation sites is 1. The van der Waals surface area contributed by atoms with Gasteiger partial charge in [0, 0.05) is 5.56 Å². The largest absolute Gasteiger partial charge is 0.504 e.